The van der Waals surface area contributed by atoms with Gasteiger partial charge in [-0.15, -0.1) is 0 Å². The smallest absolute Gasteiger partial charge is 0.243 e. The number of sulfonamides is 1. The maximum absolute atomic E-state index is 13.2. The molecule has 3 aromatic carbocycles. The average Bonchev–Trinajstić information content (AvgIpc) is 2.90. The van der Waals surface area contributed by atoms with Gasteiger partial charge in [-0.1, -0.05) is 60.7 Å². The number of likely N-dealkylation sites (tertiary alicyclic amines) is 1. The summed E-state index contributed by atoms with van der Waals surface area (Å²) in [7, 11) is -3.57. The number of hydrogen-bond donors (Lipinski definition) is 1. The maximum atomic E-state index is 13.2. The molecule has 6 nitrogen and oxygen atoms in total. The van der Waals surface area contributed by atoms with Crippen molar-refractivity contribution in [2.24, 2.45) is 5.92 Å². The highest BCUT2D eigenvalue weighted by Crippen LogP contribution is 2.27. The SMILES string of the molecule is O=C(NC1CCN(Cc2ccccc2)CC1)C1CCN(S(=O)(=O)c2ccc3ccccc3c2)CC1. The largest absolute Gasteiger partial charge is 0.353 e. The zero-order valence-electron chi connectivity index (χ0n) is 20.0. The van der Waals surface area contributed by atoms with Gasteiger partial charge < -0.3 is 5.32 Å². The lowest BCUT2D eigenvalue weighted by Gasteiger charge is -2.34. The Morgan fingerprint density at radius 3 is 2.17 bits per heavy atom. The number of amides is 1. The van der Waals surface area contributed by atoms with Crippen molar-refractivity contribution in [3.05, 3.63) is 78.4 Å². The number of benzene rings is 3. The van der Waals surface area contributed by atoms with Crippen LogP contribution in [0.3, 0.4) is 0 Å². The maximum Gasteiger partial charge on any atom is 0.243 e. The summed E-state index contributed by atoms with van der Waals surface area (Å²) in [5.41, 5.74) is 1.32. The fourth-order valence-corrected chi connectivity index (χ4v) is 6.74. The first-order valence-corrected chi connectivity index (χ1v) is 14.0. The van der Waals surface area contributed by atoms with Crippen LogP contribution in [0.15, 0.2) is 77.7 Å². The molecule has 2 heterocycles. The Hall–Kier alpha value is -2.74. The summed E-state index contributed by atoms with van der Waals surface area (Å²) in [6, 6.07) is 23.7. The topological polar surface area (TPSA) is 69.7 Å². The summed E-state index contributed by atoms with van der Waals surface area (Å²) >= 11 is 0. The minimum atomic E-state index is -3.57. The van der Waals surface area contributed by atoms with Crippen LogP contribution in [-0.4, -0.2) is 55.8 Å². The molecule has 184 valence electrons. The van der Waals surface area contributed by atoms with E-state index in [1.54, 1.807) is 12.1 Å². The number of nitrogens with zero attached hydrogens (tertiary/aromatic N) is 2. The van der Waals surface area contributed by atoms with Crippen LogP contribution in [0.4, 0.5) is 0 Å². The highest BCUT2D eigenvalue weighted by molar-refractivity contribution is 7.89. The fraction of sp³-hybridized carbons (Fsp3) is 0.393. The lowest BCUT2D eigenvalue weighted by Crippen LogP contribution is -2.48. The van der Waals surface area contributed by atoms with Crippen molar-refractivity contribution in [1.29, 1.82) is 0 Å². The van der Waals surface area contributed by atoms with Crippen LogP contribution in [-0.2, 0) is 21.4 Å². The molecule has 2 aliphatic rings. The Bertz CT molecular complexity index is 1260. The van der Waals surface area contributed by atoms with Crippen LogP contribution in [0.5, 0.6) is 0 Å². The molecule has 2 saturated heterocycles. The van der Waals surface area contributed by atoms with Crippen LogP contribution in [0, 0.1) is 5.92 Å². The molecular formula is C28H33N3O3S. The number of fused-ring (bicyclic) bond motifs is 1. The van der Waals surface area contributed by atoms with Gasteiger partial charge in [-0.2, -0.15) is 4.31 Å². The highest BCUT2D eigenvalue weighted by Gasteiger charge is 2.33. The van der Waals surface area contributed by atoms with Crippen molar-refractivity contribution < 1.29 is 13.2 Å². The Balaban J connectivity index is 1.11. The molecule has 0 radical (unpaired) electrons. The summed E-state index contributed by atoms with van der Waals surface area (Å²) in [5, 5.41) is 5.18. The molecule has 2 aliphatic heterocycles. The molecule has 7 heteroatoms. The molecule has 3 aromatic rings. The summed E-state index contributed by atoms with van der Waals surface area (Å²) in [5.74, 6) is -0.0466. The number of hydrogen-bond acceptors (Lipinski definition) is 4. The lowest BCUT2D eigenvalue weighted by atomic mass is 9.95. The van der Waals surface area contributed by atoms with Gasteiger partial charge in [-0.25, -0.2) is 8.42 Å². The molecule has 0 atom stereocenters. The number of carbonyl (C=O) groups excluding carboxylic acids is 1. The lowest BCUT2D eigenvalue weighted by molar-refractivity contribution is -0.127. The molecule has 35 heavy (non-hydrogen) atoms. The van der Waals surface area contributed by atoms with Gasteiger partial charge in [0, 0.05) is 44.7 Å². The second-order valence-electron chi connectivity index (χ2n) is 9.73. The number of rotatable bonds is 6. The second-order valence-corrected chi connectivity index (χ2v) is 11.7. The Kier molecular flexibility index (Phi) is 7.18. The zero-order valence-corrected chi connectivity index (χ0v) is 20.8. The van der Waals surface area contributed by atoms with Crippen molar-refractivity contribution in [1.82, 2.24) is 14.5 Å². The molecule has 5 rings (SSSR count). The molecule has 0 aliphatic carbocycles. The average molecular weight is 492 g/mol. The molecule has 0 saturated carbocycles. The van der Waals surface area contributed by atoms with E-state index in [0.29, 0.717) is 30.8 Å². The predicted molar refractivity (Wildman–Crippen MR) is 138 cm³/mol. The van der Waals surface area contributed by atoms with Crippen molar-refractivity contribution in [3.63, 3.8) is 0 Å². The van der Waals surface area contributed by atoms with E-state index in [4.69, 9.17) is 0 Å². The molecule has 0 unspecified atom stereocenters. The van der Waals surface area contributed by atoms with Crippen molar-refractivity contribution in [3.8, 4) is 0 Å². The van der Waals surface area contributed by atoms with Gasteiger partial charge in [-0.05, 0) is 54.2 Å². The third kappa shape index (κ3) is 5.58. The van der Waals surface area contributed by atoms with E-state index in [1.807, 2.05) is 36.4 Å². The fourth-order valence-electron chi connectivity index (χ4n) is 5.23. The van der Waals surface area contributed by atoms with E-state index in [1.165, 1.54) is 9.87 Å². The van der Waals surface area contributed by atoms with Crippen LogP contribution in [0.2, 0.25) is 0 Å². The number of piperidine rings is 2. The van der Waals surface area contributed by atoms with E-state index >= 15 is 0 Å². The Labute approximate surface area is 208 Å². The Morgan fingerprint density at radius 1 is 0.800 bits per heavy atom. The van der Waals surface area contributed by atoms with Crippen LogP contribution < -0.4 is 5.32 Å². The molecule has 1 N–H and O–H groups in total. The third-order valence-electron chi connectivity index (χ3n) is 7.37. The monoisotopic (exact) mass is 491 g/mol. The van der Waals surface area contributed by atoms with E-state index in [-0.39, 0.29) is 17.9 Å². The first-order chi connectivity index (χ1) is 17.0. The van der Waals surface area contributed by atoms with Crippen molar-refractivity contribution >= 4 is 26.7 Å². The summed E-state index contributed by atoms with van der Waals surface area (Å²) in [4.78, 5) is 15.7. The van der Waals surface area contributed by atoms with Crippen LogP contribution in [0.1, 0.15) is 31.2 Å². The van der Waals surface area contributed by atoms with Crippen LogP contribution >= 0.6 is 0 Å². The number of nitrogens with one attached hydrogen (secondary N) is 1. The van der Waals surface area contributed by atoms with Crippen molar-refractivity contribution in [2.75, 3.05) is 26.2 Å². The van der Waals surface area contributed by atoms with Crippen molar-refractivity contribution in [2.45, 2.75) is 43.2 Å². The van der Waals surface area contributed by atoms with E-state index in [9.17, 15) is 13.2 Å². The van der Waals surface area contributed by atoms with Gasteiger partial charge >= 0.3 is 0 Å². The predicted octanol–water partition coefficient (Wildman–Crippen LogP) is 4.02. The first-order valence-electron chi connectivity index (χ1n) is 12.5. The van der Waals surface area contributed by atoms with Gasteiger partial charge in [0.25, 0.3) is 0 Å². The van der Waals surface area contributed by atoms with Gasteiger partial charge in [-0.3, -0.25) is 9.69 Å². The molecule has 1 amide bonds. The van der Waals surface area contributed by atoms with Gasteiger partial charge in [0.1, 0.15) is 0 Å². The number of carbonyl (C=O) groups is 1. The summed E-state index contributed by atoms with van der Waals surface area (Å²) in [6.45, 7) is 3.65. The Morgan fingerprint density at radius 2 is 1.46 bits per heavy atom. The molecule has 0 spiro atoms. The summed E-state index contributed by atoms with van der Waals surface area (Å²) in [6.07, 6.45) is 3.03. The van der Waals surface area contributed by atoms with E-state index < -0.39 is 10.0 Å². The summed E-state index contributed by atoms with van der Waals surface area (Å²) < 4.78 is 27.9. The third-order valence-corrected chi connectivity index (χ3v) is 9.26. The van der Waals surface area contributed by atoms with Crippen LogP contribution in [0.25, 0.3) is 10.8 Å². The standard InChI is InChI=1S/C28H33N3O3S/c32-28(29-26-14-16-30(17-15-26)21-22-6-2-1-3-7-22)24-12-18-31(19-13-24)35(33,34)27-11-10-23-8-4-5-9-25(23)20-27/h1-11,20,24,26H,12-19,21H2,(H,29,32). The van der Waals surface area contributed by atoms with E-state index in [0.717, 1.165) is 43.2 Å². The molecular weight excluding hydrogens is 458 g/mol. The van der Waals surface area contributed by atoms with Gasteiger partial charge in [0.05, 0.1) is 4.90 Å². The second kappa shape index (κ2) is 10.5. The molecule has 2 fully saturated rings. The molecule has 0 aromatic heterocycles. The van der Waals surface area contributed by atoms with E-state index in [2.05, 4.69) is 34.5 Å². The van der Waals surface area contributed by atoms with Gasteiger partial charge in [0.2, 0.25) is 15.9 Å². The highest BCUT2D eigenvalue weighted by atomic mass is 32.2. The quantitative estimate of drug-likeness (QED) is 0.566. The molecule has 0 bridgehead atoms. The minimum absolute atomic E-state index is 0.0780. The zero-order chi connectivity index (χ0) is 24.3. The normalized spacial score (nSPS) is 19.1. The minimum Gasteiger partial charge on any atom is -0.353 e. The van der Waals surface area contributed by atoms with Gasteiger partial charge in [0.15, 0.2) is 0 Å². The first kappa shape index (κ1) is 24.0.